The van der Waals surface area contributed by atoms with E-state index < -0.39 is 0 Å². The van der Waals surface area contributed by atoms with Crippen molar-refractivity contribution in [1.29, 1.82) is 0 Å². The number of rotatable bonds is 4. The number of nitrogens with two attached hydrogens (primary N) is 1. The molecule has 0 aliphatic carbocycles. The smallest absolute Gasteiger partial charge is 0.104 e. The highest BCUT2D eigenvalue weighted by atomic mass is 32.1. The molecule has 19 heavy (non-hydrogen) atoms. The summed E-state index contributed by atoms with van der Waals surface area (Å²) in [5.41, 5.74) is 8.06. The van der Waals surface area contributed by atoms with Crippen molar-refractivity contribution in [3.63, 3.8) is 0 Å². The van der Waals surface area contributed by atoms with E-state index in [9.17, 15) is 0 Å². The molecule has 1 fully saturated rings. The van der Waals surface area contributed by atoms with E-state index in [1.54, 1.807) is 0 Å². The van der Waals surface area contributed by atoms with Gasteiger partial charge in [-0.1, -0.05) is 36.5 Å². The Morgan fingerprint density at radius 2 is 1.95 bits per heavy atom. The summed E-state index contributed by atoms with van der Waals surface area (Å²) >= 11 is 5.12. The van der Waals surface area contributed by atoms with Crippen molar-refractivity contribution in [3.8, 4) is 0 Å². The third kappa shape index (κ3) is 3.75. The average molecular weight is 277 g/mol. The molecule has 4 heteroatoms. The molecule has 0 unspecified atom stereocenters. The third-order valence-corrected chi connectivity index (χ3v) is 4.18. The van der Waals surface area contributed by atoms with E-state index in [0.717, 1.165) is 31.2 Å². The molecule has 0 spiro atoms. The van der Waals surface area contributed by atoms with E-state index in [1.807, 2.05) is 12.1 Å². The van der Waals surface area contributed by atoms with Gasteiger partial charge >= 0.3 is 0 Å². The van der Waals surface area contributed by atoms with Gasteiger partial charge in [-0.05, 0) is 45.6 Å². The summed E-state index contributed by atoms with van der Waals surface area (Å²) in [7, 11) is 4.34. The molecule has 3 nitrogen and oxygen atoms in total. The molecular formula is C15H23N3S. The lowest BCUT2D eigenvalue weighted by Crippen LogP contribution is -2.41. The lowest BCUT2D eigenvalue weighted by molar-refractivity contribution is 0.140. The van der Waals surface area contributed by atoms with Crippen LogP contribution in [0.1, 0.15) is 24.0 Å². The molecule has 1 aromatic carbocycles. The molecule has 1 aliphatic rings. The van der Waals surface area contributed by atoms with Crippen LogP contribution in [-0.4, -0.2) is 48.0 Å². The van der Waals surface area contributed by atoms with Gasteiger partial charge in [0.05, 0.1) is 0 Å². The van der Waals surface area contributed by atoms with Gasteiger partial charge in [0.2, 0.25) is 0 Å². The van der Waals surface area contributed by atoms with Crippen molar-refractivity contribution >= 4 is 17.2 Å². The number of thiocarbonyl (C=S) groups is 1. The molecule has 1 aromatic rings. The molecule has 0 bridgehead atoms. The first-order chi connectivity index (χ1) is 9.08. The summed E-state index contributed by atoms with van der Waals surface area (Å²) in [5, 5.41) is 0. The van der Waals surface area contributed by atoms with E-state index >= 15 is 0 Å². The van der Waals surface area contributed by atoms with Gasteiger partial charge in [-0.3, -0.25) is 4.90 Å². The molecule has 2 rings (SSSR count). The zero-order valence-electron chi connectivity index (χ0n) is 11.8. The average Bonchev–Trinajstić information content (AvgIpc) is 2.39. The van der Waals surface area contributed by atoms with Gasteiger partial charge < -0.3 is 10.6 Å². The van der Waals surface area contributed by atoms with Crippen LogP contribution in [0.5, 0.6) is 0 Å². The van der Waals surface area contributed by atoms with Gasteiger partial charge in [0, 0.05) is 18.2 Å². The largest absolute Gasteiger partial charge is 0.389 e. The molecule has 1 heterocycles. The van der Waals surface area contributed by atoms with E-state index in [1.165, 1.54) is 18.4 Å². The minimum atomic E-state index is 0.499. The van der Waals surface area contributed by atoms with Crippen molar-refractivity contribution in [2.45, 2.75) is 25.4 Å². The Kier molecular flexibility index (Phi) is 4.91. The highest BCUT2D eigenvalue weighted by Gasteiger charge is 2.21. The lowest BCUT2D eigenvalue weighted by atomic mass is 10.0. The maximum atomic E-state index is 5.79. The number of benzene rings is 1. The summed E-state index contributed by atoms with van der Waals surface area (Å²) < 4.78 is 0. The molecule has 1 aliphatic heterocycles. The SMILES string of the molecule is CN(C)C1CCN(Cc2ccccc2C(N)=S)CC1. The number of nitrogens with zero attached hydrogens (tertiary/aromatic N) is 2. The van der Waals surface area contributed by atoms with Crippen LogP contribution in [0.15, 0.2) is 24.3 Å². The number of likely N-dealkylation sites (tertiary alicyclic amines) is 1. The Morgan fingerprint density at radius 3 is 2.53 bits per heavy atom. The second-order valence-electron chi connectivity index (χ2n) is 5.49. The van der Waals surface area contributed by atoms with Gasteiger partial charge in [0.25, 0.3) is 0 Å². The van der Waals surface area contributed by atoms with Crippen LogP contribution >= 0.6 is 12.2 Å². The predicted octanol–water partition coefficient (Wildman–Crippen LogP) is 1.85. The molecule has 0 atom stereocenters. The first kappa shape index (κ1) is 14.4. The standard InChI is InChI=1S/C15H23N3S/c1-17(2)13-7-9-18(10-8-13)11-12-5-3-4-6-14(12)15(16)19/h3-6,13H,7-11H2,1-2H3,(H2,16,19). The van der Waals surface area contributed by atoms with Crippen LogP contribution in [0.3, 0.4) is 0 Å². The van der Waals surface area contributed by atoms with E-state index in [0.29, 0.717) is 4.99 Å². The van der Waals surface area contributed by atoms with E-state index in [-0.39, 0.29) is 0 Å². The number of piperidine rings is 1. The number of hydrogen-bond acceptors (Lipinski definition) is 3. The second kappa shape index (κ2) is 6.46. The van der Waals surface area contributed by atoms with E-state index in [2.05, 4.69) is 36.0 Å². The summed E-state index contributed by atoms with van der Waals surface area (Å²) in [4.78, 5) is 5.33. The van der Waals surface area contributed by atoms with Crippen molar-refractivity contribution in [2.75, 3.05) is 27.2 Å². The first-order valence-electron chi connectivity index (χ1n) is 6.84. The Morgan fingerprint density at radius 1 is 1.32 bits per heavy atom. The predicted molar refractivity (Wildman–Crippen MR) is 84.3 cm³/mol. The third-order valence-electron chi connectivity index (χ3n) is 3.96. The normalized spacial score (nSPS) is 17.8. The summed E-state index contributed by atoms with van der Waals surface area (Å²) in [6, 6.07) is 8.93. The monoisotopic (exact) mass is 277 g/mol. The summed E-state index contributed by atoms with van der Waals surface area (Å²) in [6.07, 6.45) is 2.48. The minimum Gasteiger partial charge on any atom is -0.389 e. The zero-order valence-corrected chi connectivity index (χ0v) is 12.6. The minimum absolute atomic E-state index is 0.499. The summed E-state index contributed by atoms with van der Waals surface area (Å²) in [6.45, 7) is 3.25. The Bertz CT molecular complexity index is 437. The molecule has 0 radical (unpaired) electrons. The van der Waals surface area contributed by atoms with Crippen molar-refractivity contribution in [3.05, 3.63) is 35.4 Å². The Hall–Kier alpha value is -0.970. The molecule has 0 saturated carbocycles. The van der Waals surface area contributed by atoms with Crippen molar-refractivity contribution < 1.29 is 0 Å². The van der Waals surface area contributed by atoms with Crippen LogP contribution in [0.25, 0.3) is 0 Å². The highest BCUT2D eigenvalue weighted by molar-refractivity contribution is 7.80. The van der Waals surface area contributed by atoms with Gasteiger partial charge in [-0.2, -0.15) is 0 Å². The molecule has 0 amide bonds. The van der Waals surface area contributed by atoms with Crippen LogP contribution in [0.4, 0.5) is 0 Å². The van der Waals surface area contributed by atoms with Crippen LogP contribution in [0.2, 0.25) is 0 Å². The van der Waals surface area contributed by atoms with Crippen molar-refractivity contribution in [2.24, 2.45) is 5.73 Å². The second-order valence-corrected chi connectivity index (χ2v) is 5.93. The Labute approximate surface area is 121 Å². The van der Waals surface area contributed by atoms with Gasteiger partial charge in [-0.25, -0.2) is 0 Å². The van der Waals surface area contributed by atoms with Crippen LogP contribution in [-0.2, 0) is 6.54 Å². The Balaban J connectivity index is 1.98. The highest BCUT2D eigenvalue weighted by Crippen LogP contribution is 2.18. The van der Waals surface area contributed by atoms with Crippen LogP contribution < -0.4 is 5.73 Å². The molecule has 104 valence electrons. The topological polar surface area (TPSA) is 32.5 Å². The zero-order chi connectivity index (χ0) is 13.8. The lowest BCUT2D eigenvalue weighted by Gasteiger charge is -2.35. The number of hydrogen-bond donors (Lipinski definition) is 1. The van der Waals surface area contributed by atoms with Gasteiger partial charge in [0.1, 0.15) is 4.99 Å². The molecular weight excluding hydrogens is 254 g/mol. The fourth-order valence-corrected chi connectivity index (χ4v) is 2.93. The maximum Gasteiger partial charge on any atom is 0.104 e. The molecule has 0 aromatic heterocycles. The first-order valence-corrected chi connectivity index (χ1v) is 7.25. The van der Waals surface area contributed by atoms with Gasteiger partial charge in [0.15, 0.2) is 0 Å². The molecule has 1 saturated heterocycles. The van der Waals surface area contributed by atoms with Gasteiger partial charge in [-0.15, -0.1) is 0 Å². The van der Waals surface area contributed by atoms with Crippen molar-refractivity contribution in [1.82, 2.24) is 9.80 Å². The fraction of sp³-hybridized carbons (Fsp3) is 0.533. The maximum absolute atomic E-state index is 5.79. The van der Waals surface area contributed by atoms with Crippen LogP contribution in [0, 0.1) is 0 Å². The summed E-state index contributed by atoms with van der Waals surface area (Å²) in [5.74, 6) is 0. The fourth-order valence-electron chi connectivity index (χ4n) is 2.73. The quantitative estimate of drug-likeness (QED) is 0.851. The molecule has 2 N–H and O–H groups in total. The van der Waals surface area contributed by atoms with E-state index in [4.69, 9.17) is 18.0 Å².